The van der Waals surface area contributed by atoms with Crippen molar-refractivity contribution in [2.75, 3.05) is 11.5 Å². The van der Waals surface area contributed by atoms with E-state index in [1.54, 1.807) is 0 Å². The van der Waals surface area contributed by atoms with E-state index in [-0.39, 0.29) is 34.6 Å². The van der Waals surface area contributed by atoms with E-state index in [4.69, 9.17) is 16.3 Å². The largest absolute Gasteiger partial charge is 0.383 e. The third-order valence-corrected chi connectivity index (χ3v) is 4.49. The van der Waals surface area contributed by atoms with Crippen LogP contribution < -0.4 is 11.1 Å². The van der Waals surface area contributed by atoms with Gasteiger partial charge in [-0.3, -0.25) is 4.79 Å². The second kappa shape index (κ2) is 10.5. The minimum absolute atomic E-state index is 0.0729. The second-order valence-electron chi connectivity index (χ2n) is 5.60. The van der Waals surface area contributed by atoms with Gasteiger partial charge < -0.3 is 11.1 Å². The van der Waals surface area contributed by atoms with Crippen LogP contribution in [-0.4, -0.2) is 22.7 Å². The van der Waals surface area contributed by atoms with Crippen molar-refractivity contribution < 1.29 is 4.79 Å². The Balaban J connectivity index is 2.51. The number of amides is 1. The van der Waals surface area contributed by atoms with Crippen molar-refractivity contribution in [1.82, 2.24) is 10.3 Å². The molecule has 1 atom stereocenters. The zero-order chi connectivity index (χ0) is 17.9. The number of nitriles is 2. The SMILES string of the molecule is CCCCCCC(C)NC(=O)CSc1nc(N)c(C#N)cc1C#N. The van der Waals surface area contributed by atoms with Gasteiger partial charge in [-0.05, 0) is 19.4 Å². The van der Waals surface area contributed by atoms with E-state index < -0.39 is 0 Å². The van der Waals surface area contributed by atoms with Crippen LogP contribution in [0.4, 0.5) is 5.82 Å². The quantitative estimate of drug-likeness (QED) is 0.525. The number of unbranched alkanes of at least 4 members (excludes halogenated alkanes) is 3. The molecule has 7 heteroatoms. The van der Waals surface area contributed by atoms with Crippen LogP contribution in [0, 0.1) is 22.7 Å². The second-order valence-corrected chi connectivity index (χ2v) is 6.57. The van der Waals surface area contributed by atoms with Gasteiger partial charge in [0.1, 0.15) is 23.0 Å². The first-order chi connectivity index (χ1) is 11.5. The third kappa shape index (κ3) is 6.47. The van der Waals surface area contributed by atoms with E-state index in [9.17, 15) is 4.79 Å². The molecule has 0 aromatic carbocycles. The Kier molecular flexibility index (Phi) is 8.67. The average Bonchev–Trinajstić information content (AvgIpc) is 2.57. The molecule has 1 aromatic rings. The molecule has 6 nitrogen and oxygen atoms in total. The van der Waals surface area contributed by atoms with Crippen molar-refractivity contribution in [2.24, 2.45) is 0 Å². The molecule has 1 heterocycles. The van der Waals surface area contributed by atoms with Gasteiger partial charge in [-0.15, -0.1) is 0 Å². The summed E-state index contributed by atoms with van der Waals surface area (Å²) in [4.78, 5) is 16.0. The molecule has 1 unspecified atom stereocenters. The van der Waals surface area contributed by atoms with E-state index in [1.807, 2.05) is 19.1 Å². The first-order valence-electron chi connectivity index (χ1n) is 8.04. The Labute approximate surface area is 147 Å². The number of aromatic nitrogens is 1. The molecular formula is C17H23N5OS. The summed E-state index contributed by atoms with van der Waals surface area (Å²) in [5.74, 6) is 0.132. The number of nitrogens with two attached hydrogens (primary N) is 1. The molecule has 0 aliphatic rings. The van der Waals surface area contributed by atoms with Crippen molar-refractivity contribution in [1.29, 1.82) is 10.5 Å². The lowest BCUT2D eigenvalue weighted by Crippen LogP contribution is -2.33. The number of hydrogen-bond donors (Lipinski definition) is 2. The lowest BCUT2D eigenvalue weighted by molar-refractivity contribution is -0.119. The fraction of sp³-hybridized carbons (Fsp3) is 0.529. The van der Waals surface area contributed by atoms with Crippen LogP contribution in [0.2, 0.25) is 0 Å². The van der Waals surface area contributed by atoms with Crippen LogP contribution in [0.3, 0.4) is 0 Å². The predicted molar refractivity (Wildman–Crippen MR) is 95.2 cm³/mol. The minimum Gasteiger partial charge on any atom is -0.383 e. The smallest absolute Gasteiger partial charge is 0.230 e. The van der Waals surface area contributed by atoms with Crippen LogP contribution in [0.1, 0.15) is 57.1 Å². The zero-order valence-electron chi connectivity index (χ0n) is 14.1. The fourth-order valence-corrected chi connectivity index (χ4v) is 2.96. The van der Waals surface area contributed by atoms with Crippen molar-refractivity contribution in [3.05, 3.63) is 17.2 Å². The predicted octanol–water partition coefficient (Wildman–Crippen LogP) is 2.97. The van der Waals surface area contributed by atoms with E-state index in [0.717, 1.165) is 24.6 Å². The minimum atomic E-state index is -0.100. The number of pyridine rings is 1. The summed E-state index contributed by atoms with van der Waals surface area (Å²) in [6.45, 7) is 4.16. The van der Waals surface area contributed by atoms with Crippen LogP contribution >= 0.6 is 11.8 Å². The molecule has 0 saturated carbocycles. The highest BCUT2D eigenvalue weighted by molar-refractivity contribution is 8.00. The molecule has 0 aliphatic heterocycles. The fourth-order valence-electron chi connectivity index (χ4n) is 2.19. The molecule has 1 amide bonds. The highest BCUT2D eigenvalue weighted by atomic mass is 32.2. The molecule has 0 bridgehead atoms. The first-order valence-corrected chi connectivity index (χ1v) is 9.03. The highest BCUT2D eigenvalue weighted by Gasteiger charge is 2.13. The molecular weight excluding hydrogens is 322 g/mol. The summed E-state index contributed by atoms with van der Waals surface area (Å²) in [5.41, 5.74) is 6.09. The summed E-state index contributed by atoms with van der Waals surface area (Å²) >= 11 is 1.15. The number of rotatable bonds is 9. The van der Waals surface area contributed by atoms with Crippen molar-refractivity contribution >= 4 is 23.5 Å². The molecule has 24 heavy (non-hydrogen) atoms. The first kappa shape index (κ1) is 19.8. The summed E-state index contributed by atoms with van der Waals surface area (Å²) in [7, 11) is 0. The highest BCUT2D eigenvalue weighted by Crippen LogP contribution is 2.23. The molecule has 3 N–H and O–H groups in total. The van der Waals surface area contributed by atoms with Gasteiger partial charge in [0.05, 0.1) is 16.9 Å². The van der Waals surface area contributed by atoms with Crippen molar-refractivity contribution in [2.45, 2.75) is 57.0 Å². The van der Waals surface area contributed by atoms with Gasteiger partial charge in [0, 0.05) is 6.04 Å². The van der Waals surface area contributed by atoms with E-state index in [0.29, 0.717) is 5.03 Å². The maximum Gasteiger partial charge on any atom is 0.230 e. The summed E-state index contributed by atoms with van der Waals surface area (Å²) in [6.07, 6.45) is 5.67. The Morgan fingerprint density at radius 3 is 2.67 bits per heavy atom. The third-order valence-electron chi connectivity index (χ3n) is 3.50. The van der Waals surface area contributed by atoms with Gasteiger partial charge in [-0.25, -0.2) is 4.98 Å². The molecule has 1 rings (SSSR count). The number of nitrogen functional groups attached to an aromatic ring is 1. The molecule has 0 fully saturated rings. The molecule has 1 aromatic heterocycles. The lowest BCUT2D eigenvalue weighted by atomic mass is 10.1. The van der Waals surface area contributed by atoms with Gasteiger partial charge in [0.2, 0.25) is 5.91 Å². The van der Waals surface area contributed by atoms with Crippen LogP contribution in [0.15, 0.2) is 11.1 Å². The van der Waals surface area contributed by atoms with Gasteiger partial charge in [0.25, 0.3) is 0 Å². The maximum atomic E-state index is 12.0. The number of nitrogens with one attached hydrogen (secondary N) is 1. The van der Waals surface area contributed by atoms with E-state index in [2.05, 4.69) is 17.2 Å². The number of carbonyl (C=O) groups excluding carboxylic acids is 1. The molecule has 0 spiro atoms. The average molecular weight is 345 g/mol. The van der Waals surface area contributed by atoms with Crippen LogP contribution in [0.5, 0.6) is 0 Å². The summed E-state index contributed by atoms with van der Waals surface area (Å²) in [5, 5.41) is 21.3. The van der Waals surface area contributed by atoms with Crippen molar-refractivity contribution in [3.8, 4) is 12.1 Å². The summed E-state index contributed by atoms with van der Waals surface area (Å²) < 4.78 is 0. The molecule has 0 saturated heterocycles. The number of carbonyl (C=O) groups is 1. The van der Waals surface area contributed by atoms with Gasteiger partial charge in [-0.1, -0.05) is 44.4 Å². The lowest BCUT2D eigenvalue weighted by Gasteiger charge is -2.13. The van der Waals surface area contributed by atoms with E-state index in [1.165, 1.54) is 25.3 Å². The maximum absolute atomic E-state index is 12.0. The van der Waals surface area contributed by atoms with Crippen LogP contribution in [0.25, 0.3) is 0 Å². The number of anilines is 1. The summed E-state index contributed by atoms with van der Waals surface area (Å²) in [6, 6.07) is 5.40. The normalized spacial score (nSPS) is 11.3. The molecule has 0 radical (unpaired) electrons. The van der Waals surface area contributed by atoms with E-state index >= 15 is 0 Å². The van der Waals surface area contributed by atoms with Crippen molar-refractivity contribution in [3.63, 3.8) is 0 Å². The number of hydrogen-bond acceptors (Lipinski definition) is 6. The van der Waals surface area contributed by atoms with Gasteiger partial charge >= 0.3 is 0 Å². The molecule has 0 aliphatic carbocycles. The Morgan fingerprint density at radius 2 is 2.04 bits per heavy atom. The number of nitrogens with zero attached hydrogens (tertiary/aromatic N) is 3. The Bertz CT molecular complexity index is 648. The monoisotopic (exact) mass is 345 g/mol. The number of thioether (sulfide) groups is 1. The Morgan fingerprint density at radius 1 is 1.33 bits per heavy atom. The van der Waals surface area contributed by atoms with Crippen LogP contribution in [-0.2, 0) is 4.79 Å². The topological polar surface area (TPSA) is 116 Å². The zero-order valence-corrected chi connectivity index (χ0v) is 14.9. The molecule has 128 valence electrons. The van der Waals surface area contributed by atoms with Gasteiger partial charge in [0.15, 0.2) is 0 Å². The van der Waals surface area contributed by atoms with Gasteiger partial charge in [-0.2, -0.15) is 10.5 Å². The Hall–Kier alpha value is -2.25. The standard InChI is InChI=1S/C17H23N5OS/c1-3-4-5-6-7-12(2)21-15(23)11-24-17-14(10-19)8-13(9-18)16(20)22-17/h8,12H,3-7,11H2,1-2H3,(H2,20,22)(H,21,23).